The summed E-state index contributed by atoms with van der Waals surface area (Å²) in [7, 11) is 0. The van der Waals surface area contributed by atoms with Crippen molar-refractivity contribution in [1.82, 2.24) is 0 Å². The van der Waals surface area contributed by atoms with Crippen LogP contribution < -0.4 is 5.32 Å². The molecule has 2 N–H and O–H groups in total. The molecule has 1 saturated carbocycles. The number of anilines is 1. The standard InChI is InChI=1S/C16H25NO/c1-11-5-4-6-14(8-7-11)17-15-9-13(3)16(18)10-12(15)2/h9-11,14,17-18H,4-8H2,1-3H3. The predicted octanol–water partition coefficient (Wildman–Crippen LogP) is 4.39. The quantitative estimate of drug-likeness (QED) is 0.600. The van der Waals surface area contributed by atoms with E-state index in [0.717, 1.165) is 17.0 Å². The average Bonchev–Trinajstić information content (AvgIpc) is 2.51. The summed E-state index contributed by atoms with van der Waals surface area (Å²) in [6.07, 6.45) is 6.55. The van der Waals surface area contributed by atoms with E-state index in [1.807, 2.05) is 13.0 Å². The van der Waals surface area contributed by atoms with Gasteiger partial charge in [0, 0.05) is 11.7 Å². The van der Waals surface area contributed by atoms with Gasteiger partial charge in [-0.25, -0.2) is 0 Å². The van der Waals surface area contributed by atoms with Gasteiger partial charge in [-0.05, 0) is 62.3 Å². The Morgan fingerprint density at radius 1 is 1.06 bits per heavy atom. The number of rotatable bonds is 2. The Kier molecular flexibility index (Phi) is 4.15. The van der Waals surface area contributed by atoms with Gasteiger partial charge in [0.05, 0.1) is 0 Å². The van der Waals surface area contributed by atoms with Crippen LogP contribution in [0.15, 0.2) is 12.1 Å². The third-order valence-electron chi connectivity index (χ3n) is 4.16. The molecule has 0 saturated heterocycles. The number of benzene rings is 1. The summed E-state index contributed by atoms with van der Waals surface area (Å²) in [5.41, 5.74) is 3.27. The Morgan fingerprint density at radius 2 is 1.83 bits per heavy atom. The highest BCUT2D eigenvalue weighted by atomic mass is 16.3. The first-order chi connectivity index (χ1) is 8.56. The van der Waals surface area contributed by atoms with Gasteiger partial charge >= 0.3 is 0 Å². The van der Waals surface area contributed by atoms with Gasteiger partial charge in [0.25, 0.3) is 0 Å². The lowest BCUT2D eigenvalue weighted by Gasteiger charge is -2.20. The fraction of sp³-hybridized carbons (Fsp3) is 0.625. The van der Waals surface area contributed by atoms with Gasteiger partial charge in [0.2, 0.25) is 0 Å². The molecule has 0 amide bonds. The Labute approximate surface area is 110 Å². The molecule has 0 spiro atoms. The molecule has 2 nitrogen and oxygen atoms in total. The van der Waals surface area contributed by atoms with Crippen LogP contribution >= 0.6 is 0 Å². The van der Waals surface area contributed by atoms with Crippen LogP contribution in [0, 0.1) is 19.8 Å². The van der Waals surface area contributed by atoms with Gasteiger partial charge in [0.1, 0.15) is 5.75 Å². The zero-order valence-corrected chi connectivity index (χ0v) is 11.8. The smallest absolute Gasteiger partial charge is 0.118 e. The number of hydrogen-bond acceptors (Lipinski definition) is 2. The summed E-state index contributed by atoms with van der Waals surface area (Å²) in [4.78, 5) is 0. The lowest BCUT2D eigenvalue weighted by Crippen LogP contribution is -2.19. The maximum absolute atomic E-state index is 9.68. The van der Waals surface area contributed by atoms with Crippen LogP contribution in [-0.4, -0.2) is 11.1 Å². The number of phenolic OH excluding ortho intramolecular Hbond substituents is 1. The molecule has 2 rings (SSSR count). The molecule has 1 aromatic carbocycles. The SMILES string of the molecule is Cc1cc(NC2CCCC(C)CC2)c(C)cc1O. The van der Waals surface area contributed by atoms with Crippen LogP contribution in [0.4, 0.5) is 5.69 Å². The van der Waals surface area contributed by atoms with Crippen LogP contribution in [-0.2, 0) is 0 Å². The molecule has 0 aliphatic heterocycles. The van der Waals surface area contributed by atoms with E-state index in [0.29, 0.717) is 11.8 Å². The maximum Gasteiger partial charge on any atom is 0.118 e. The van der Waals surface area contributed by atoms with Crippen molar-refractivity contribution in [3.8, 4) is 5.75 Å². The van der Waals surface area contributed by atoms with Gasteiger partial charge in [-0.3, -0.25) is 0 Å². The zero-order chi connectivity index (χ0) is 13.1. The monoisotopic (exact) mass is 247 g/mol. The molecule has 0 aromatic heterocycles. The predicted molar refractivity (Wildman–Crippen MR) is 77.2 cm³/mol. The van der Waals surface area contributed by atoms with Gasteiger partial charge in [0.15, 0.2) is 0 Å². The van der Waals surface area contributed by atoms with Crippen molar-refractivity contribution < 1.29 is 5.11 Å². The second-order valence-electron chi connectivity index (χ2n) is 5.91. The van der Waals surface area contributed by atoms with Crippen LogP contribution in [0.2, 0.25) is 0 Å². The van der Waals surface area contributed by atoms with Gasteiger partial charge in [-0.15, -0.1) is 0 Å². The largest absolute Gasteiger partial charge is 0.508 e. The van der Waals surface area contributed by atoms with Crippen molar-refractivity contribution in [2.75, 3.05) is 5.32 Å². The first kappa shape index (κ1) is 13.3. The topological polar surface area (TPSA) is 32.3 Å². The molecule has 2 atom stereocenters. The van der Waals surface area contributed by atoms with E-state index in [9.17, 15) is 5.11 Å². The number of nitrogens with one attached hydrogen (secondary N) is 1. The van der Waals surface area contributed by atoms with Crippen molar-refractivity contribution in [3.63, 3.8) is 0 Å². The number of phenols is 1. The van der Waals surface area contributed by atoms with E-state index >= 15 is 0 Å². The fourth-order valence-corrected chi connectivity index (χ4v) is 2.81. The highest BCUT2D eigenvalue weighted by Crippen LogP contribution is 2.29. The third-order valence-corrected chi connectivity index (χ3v) is 4.16. The molecule has 0 heterocycles. The highest BCUT2D eigenvalue weighted by molar-refractivity contribution is 5.57. The van der Waals surface area contributed by atoms with Gasteiger partial charge in [-0.1, -0.05) is 19.8 Å². The zero-order valence-electron chi connectivity index (χ0n) is 11.8. The summed E-state index contributed by atoms with van der Waals surface area (Å²) in [6, 6.07) is 4.52. The van der Waals surface area contributed by atoms with Crippen LogP contribution in [0.3, 0.4) is 0 Å². The first-order valence-electron chi connectivity index (χ1n) is 7.13. The molecule has 18 heavy (non-hydrogen) atoms. The van der Waals surface area contributed by atoms with E-state index in [-0.39, 0.29) is 0 Å². The van der Waals surface area contributed by atoms with Crippen LogP contribution in [0.5, 0.6) is 5.75 Å². The summed E-state index contributed by atoms with van der Waals surface area (Å²) < 4.78 is 0. The van der Waals surface area contributed by atoms with Crippen molar-refractivity contribution in [1.29, 1.82) is 0 Å². The van der Waals surface area contributed by atoms with E-state index < -0.39 is 0 Å². The minimum Gasteiger partial charge on any atom is -0.508 e. The molecular formula is C16H25NO. The van der Waals surface area contributed by atoms with Gasteiger partial charge in [-0.2, -0.15) is 0 Å². The molecule has 0 bridgehead atoms. The van der Waals surface area contributed by atoms with Gasteiger partial charge < -0.3 is 10.4 Å². The molecule has 2 heteroatoms. The van der Waals surface area contributed by atoms with Crippen molar-refractivity contribution in [3.05, 3.63) is 23.3 Å². The average molecular weight is 247 g/mol. The molecule has 0 radical (unpaired) electrons. The normalized spacial score (nSPS) is 24.6. The molecule has 1 aromatic rings. The second-order valence-corrected chi connectivity index (χ2v) is 5.91. The minimum absolute atomic E-state index is 0.396. The molecule has 100 valence electrons. The highest BCUT2D eigenvalue weighted by Gasteiger charge is 2.16. The van der Waals surface area contributed by atoms with E-state index in [2.05, 4.69) is 25.2 Å². The Balaban J connectivity index is 2.06. The molecule has 1 fully saturated rings. The molecule has 1 aliphatic rings. The summed E-state index contributed by atoms with van der Waals surface area (Å²) in [5.74, 6) is 1.27. The Morgan fingerprint density at radius 3 is 2.61 bits per heavy atom. The van der Waals surface area contributed by atoms with E-state index in [1.165, 1.54) is 37.8 Å². The summed E-state index contributed by atoms with van der Waals surface area (Å²) >= 11 is 0. The third kappa shape index (κ3) is 3.18. The maximum atomic E-state index is 9.68. The molecular weight excluding hydrogens is 222 g/mol. The Bertz CT molecular complexity index is 414. The lowest BCUT2D eigenvalue weighted by atomic mass is 10.0. The van der Waals surface area contributed by atoms with Crippen molar-refractivity contribution >= 4 is 5.69 Å². The van der Waals surface area contributed by atoms with E-state index in [4.69, 9.17) is 0 Å². The number of hydrogen-bond donors (Lipinski definition) is 2. The molecule has 1 aliphatic carbocycles. The second kappa shape index (κ2) is 5.64. The summed E-state index contributed by atoms with van der Waals surface area (Å²) in [5, 5.41) is 13.3. The van der Waals surface area contributed by atoms with Crippen molar-refractivity contribution in [2.24, 2.45) is 5.92 Å². The van der Waals surface area contributed by atoms with Crippen molar-refractivity contribution in [2.45, 2.75) is 58.9 Å². The number of aromatic hydroxyl groups is 1. The fourth-order valence-electron chi connectivity index (χ4n) is 2.81. The number of aryl methyl sites for hydroxylation is 2. The minimum atomic E-state index is 0.396. The Hall–Kier alpha value is -1.18. The summed E-state index contributed by atoms with van der Waals surface area (Å²) in [6.45, 7) is 6.37. The molecule has 2 unspecified atom stereocenters. The first-order valence-corrected chi connectivity index (χ1v) is 7.13. The van der Waals surface area contributed by atoms with E-state index in [1.54, 1.807) is 0 Å². The van der Waals surface area contributed by atoms with Crippen LogP contribution in [0.25, 0.3) is 0 Å². The van der Waals surface area contributed by atoms with Crippen LogP contribution in [0.1, 0.15) is 50.2 Å². The lowest BCUT2D eigenvalue weighted by molar-refractivity contribution is 0.470.